The summed E-state index contributed by atoms with van der Waals surface area (Å²) in [6, 6.07) is 5.07. The fourth-order valence-electron chi connectivity index (χ4n) is 3.09. The molecule has 3 heterocycles. The van der Waals surface area contributed by atoms with E-state index >= 15 is 0 Å². The van der Waals surface area contributed by atoms with Crippen molar-refractivity contribution < 1.29 is 36.2 Å². The predicted octanol–water partition coefficient (Wildman–Crippen LogP) is 2.24. The maximum absolute atomic E-state index is 12.8. The van der Waals surface area contributed by atoms with E-state index in [2.05, 4.69) is 14.7 Å². The monoisotopic (exact) mass is 501 g/mol. The van der Waals surface area contributed by atoms with E-state index in [0.717, 1.165) is 16.8 Å². The number of halogens is 3. The predicted molar refractivity (Wildman–Crippen MR) is 115 cm³/mol. The highest BCUT2D eigenvalue weighted by Gasteiger charge is 2.38. The first kappa shape index (κ1) is 25.4. The van der Waals surface area contributed by atoms with E-state index < -0.39 is 22.2 Å². The van der Waals surface area contributed by atoms with Gasteiger partial charge < -0.3 is 15.6 Å². The number of aliphatic carboxylic acids is 1. The number of aryl methyl sites for hydroxylation is 1. The molecule has 0 spiro atoms. The summed E-state index contributed by atoms with van der Waals surface area (Å²) in [5, 5.41) is 7.12. The molecule has 1 saturated heterocycles. The highest BCUT2D eigenvalue weighted by atomic mass is 32.2. The number of ether oxygens (including phenoxy) is 1. The van der Waals surface area contributed by atoms with Gasteiger partial charge in [0.05, 0.1) is 30.0 Å². The van der Waals surface area contributed by atoms with E-state index in [4.69, 9.17) is 20.4 Å². The molecule has 1 aliphatic rings. The summed E-state index contributed by atoms with van der Waals surface area (Å²) < 4.78 is 67.0. The van der Waals surface area contributed by atoms with Gasteiger partial charge in [-0.3, -0.25) is 4.40 Å². The Morgan fingerprint density at radius 2 is 1.97 bits per heavy atom. The number of nitrogens with one attached hydrogen (secondary N) is 1. The molecule has 0 amide bonds. The number of alkyl halides is 3. The van der Waals surface area contributed by atoms with E-state index in [0.29, 0.717) is 31.2 Å². The molecular formula is C20H22F3N5O5S. The number of nitrogens with two attached hydrogens (primary N) is 1. The molecule has 184 valence electrons. The van der Waals surface area contributed by atoms with Gasteiger partial charge in [-0.25, -0.2) is 27.9 Å². The third-order valence-corrected chi connectivity index (χ3v) is 6.48. The molecular weight excluding hydrogens is 479 g/mol. The van der Waals surface area contributed by atoms with Crippen molar-refractivity contribution >= 4 is 27.5 Å². The van der Waals surface area contributed by atoms with Gasteiger partial charge in [0.2, 0.25) is 10.0 Å². The van der Waals surface area contributed by atoms with Crippen molar-refractivity contribution in [1.82, 2.24) is 19.1 Å². The molecule has 3 aromatic rings. The van der Waals surface area contributed by atoms with Crippen LogP contribution in [0.2, 0.25) is 0 Å². The summed E-state index contributed by atoms with van der Waals surface area (Å²) >= 11 is 0. The summed E-state index contributed by atoms with van der Waals surface area (Å²) in [6.45, 7) is 5.39. The van der Waals surface area contributed by atoms with Crippen molar-refractivity contribution in [1.29, 1.82) is 0 Å². The Morgan fingerprint density at radius 1 is 1.32 bits per heavy atom. The molecule has 0 bridgehead atoms. The highest BCUT2D eigenvalue weighted by Crippen LogP contribution is 2.29. The molecule has 1 aliphatic heterocycles. The number of nitrogens with zero attached hydrogens (tertiary/aromatic N) is 3. The summed E-state index contributed by atoms with van der Waals surface area (Å²) in [4.78, 5) is 17.5. The third-order valence-electron chi connectivity index (χ3n) is 5.08. The molecule has 0 atom stereocenters. The molecule has 34 heavy (non-hydrogen) atoms. The molecule has 4 rings (SSSR count). The number of aromatic nitrogens is 3. The van der Waals surface area contributed by atoms with Gasteiger partial charge in [0.25, 0.3) is 0 Å². The zero-order valence-corrected chi connectivity index (χ0v) is 18.9. The smallest absolute Gasteiger partial charge is 0.475 e. The first-order valence-corrected chi connectivity index (χ1v) is 11.3. The number of nitrogen functional groups attached to an aromatic ring is 1. The largest absolute Gasteiger partial charge is 0.490 e. The SMILES string of the molecule is Cc1ccc(S(=O)(=O)NCC2(C)COC2)cc1-c1cnc2c(N)nccn12.O=C(O)C(F)(F)F. The van der Waals surface area contributed by atoms with Crippen LogP contribution in [0.25, 0.3) is 16.9 Å². The lowest BCUT2D eigenvalue weighted by Gasteiger charge is -2.37. The van der Waals surface area contributed by atoms with Crippen LogP contribution in [0.15, 0.2) is 41.7 Å². The van der Waals surface area contributed by atoms with Crippen LogP contribution in [-0.4, -0.2) is 59.8 Å². The standard InChI is InChI=1S/C18H21N5O3S.C2HF3O2/c1-12-3-4-13(27(24,25)22-9-18(2)10-26-11-18)7-14(12)15-8-21-17-16(19)20-5-6-23(15)17;3-2(4,5)1(6)7/h3-8,22H,9-11H2,1-2H3,(H2,19,20);(H,6,7). The number of sulfonamides is 1. The van der Waals surface area contributed by atoms with Crippen LogP contribution in [0, 0.1) is 12.3 Å². The van der Waals surface area contributed by atoms with Gasteiger partial charge in [-0.05, 0) is 24.6 Å². The number of carboxylic acids is 1. The van der Waals surface area contributed by atoms with Crippen LogP contribution in [0.4, 0.5) is 19.0 Å². The second-order valence-corrected chi connectivity index (χ2v) is 9.82. The molecule has 0 radical (unpaired) electrons. The minimum Gasteiger partial charge on any atom is -0.475 e. The number of hydrogen-bond acceptors (Lipinski definition) is 7. The second-order valence-electron chi connectivity index (χ2n) is 8.06. The van der Waals surface area contributed by atoms with Crippen molar-refractivity contribution in [3.63, 3.8) is 0 Å². The lowest BCUT2D eigenvalue weighted by atomic mass is 9.89. The van der Waals surface area contributed by atoms with Crippen LogP contribution in [-0.2, 0) is 19.6 Å². The number of carbonyl (C=O) groups is 1. The zero-order chi connectivity index (χ0) is 25.3. The number of benzene rings is 1. The van der Waals surface area contributed by atoms with Crippen LogP contribution < -0.4 is 10.5 Å². The maximum Gasteiger partial charge on any atom is 0.490 e. The highest BCUT2D eigenvalue weighted by molar-refractivity contribution is 7.89. The first-order valence-electron chi connectivity index (χ1n) is 9.80. The van der Waals surface area contributed by atoms with E-state index in [1.807, 2.05) is 13.8 Å². The van der Waals surface area contributed by atoms with E-state index in [-0.39, 0.29) is 10.3 Å². The first-order chi connectivity index (χ1) is 15.7. The number of fused-ring (bicyclic) bond motifs is 1. The Morgan fingerprint density at radius 3 is 2.53 bits per heavy atom. The van der Waals surface area contributed by atoms with Crippen molar-refractivity contribution in [3.05, 3.63) is 42.4 Å². The minimum atomic E-state index is -5.08. The van der Waals surface area contributed by atoms with E-state index in [1.54, 1.807) is 41.2 Å². The fraction of sp³-hybridized carbons (Fsp3) is 0.350. The number of rotatable bonds is 5. The normalized spacial score (nSPS) is 15.3. The molecule has 1 fully saturated rings. The molecule has 2 aromatic heterocycles. The van der Waals surface area contributed by atoms with Gasteiger partial charge in [-0.1, -0.05) is 13.0 Å². The Labute approximate surface area is 192 Å². The Balaban J connectivity index is 0.000000406. The Bertz CT molecular complexity index is 1320. The van der Waals surface area contributed by atoms with Crippen LogP contribution in [0.3, 0.4) is 0 Å². The van der Waals surface area contributed by atoms with Crippen LogP contribution in [0.5, 0.6) is 0 Å². The maximum atomic E-state index is 12.8. The number of imidazole rings is 1. The van der Waals surface area contributed by atoms with Gasteiger partial charge in [0.1, 0.15) is 0 Å². The summed E-state index contributed by atoms with van der Waals surface area (Å²) in [5.41, 5.74) is 8.73. The lowest BCUT2D eigenvalue weighted by Crippen LogP contribution is -2.48. The van der Waals surface area contributed by atoms with Crippen molar-refractivity contribution in [3.8, 4) is 11.3 Å². The van der Waals surface area contributed by atoms with Crippen LogP contribution >= 0.6 is 0 Å². The van der Waals surface area contributed by atoms with Crippen molar-refractivity contribution in [2.45, 2.75) is 24.9 Å². The topological polar surface area (TPSA) is 149 Å². The molecule has 0 aliphatic carbocycles. The van der Waals surface area contributed by atoms with Crippen molar-refractivity contribution in [2.24, 2.45) is 5.41 Å². The van der Waals surface area contributed by atoms with E-state index in [9.17, 15) is 21.6 Å². The van der Waals surface area contributed by atoms with Crippen molar-refractivity contribution in [2.75, 3.05) is 25.5 Å². The van der Waals surface area contributed by atoms with Crippen LogP contribution in [0.1, 0.15) is 12.5 Å². The summed E-state index contributed by atoms with van der Waals surface area (Å²) in [5.74, 6) is -2.43. The quantitative estimate of drug-likeness (QED) is 0.482. The molecule has 0 unspecified atom stereocenters. The Kier molecular flexibility index (Phi) is 6.87. The molecule has 10 nitrogen and oxygen atoms in total. The number of carboxylic acid groups (broad SMARTS) is 1. The molecule has 0 saturated carbocycles. The summed E-state index contributed by atoms with van der Waals surface area (Å²) in [7, 11) is -3.63. The van der Waals surface area contributed by atoms with Gasteiger partial charge in [-0.2, -0.15) is 13.2 Å². The van der Waals surface area contributed by atoms with Gasteiger partial charge >= 0.3 is 12.1 Å². The second kappa shape index (κ2) is 9.19. The van der Waals surface area contributed by atoms with Gasteiger partial charge in [0, 0.05) is 29.9 Å². The average Bonchev–Trinajstić information content (AvgIpc) is 3.16. The average molecular weight is 501 g/mol. The van der Waals surface area contributed by atoms with Gasteiger partial charge in [-0.15, -0.1) is 0 Å². The number of hydrogen-bond donors (Lipinski definition) is 3. The Hall–Kier alpha value is -3.23. The molecule has 4 N–H and O–H groups in total. The van der Waals surface area contributed by atoms with E-state index in [1.165, 1.54) is 0 Å². The van der Waals surface area contributed by atoms with Gasteiger partial charge in [0.15, 0.2) is 11.5 Å². The lowest BCUT2D eigenvalue weighted by molar-refractivity contribution is -0.192. The minimum absolute atomic E-state index is 0.146. The number of anilines is 1. The zero-order valence-electron chi connectivity index (χ0n) is 18.1. The molecule has 14 heteroatoms. The molecule has 1 aromatic carbocycles. The summed E-state index contributed by atoms with van der Waals surface area (Å²) in [6.07, 6.45) is -0.0665. The fourth-order valence-corrected chi connectivity index (χ4v) is 4.31. The third kappa shape index (κ3) is 5.46.